The van der Waals surface area contributed by atoms with Gasteiger partial charge in [-0.15, -0.1) is 5.11 Å². The molecular formula is C21H19BrN2O2. The minimum absolute atomic E-state index is 0.0912. The van der Waals surface area contributed by atoms with Gasteiger partial charge in [0.05, 0.1) is 10.5 Å². The molecule has 0 saturated heterocycles. The summed E-state index contributed by atoms with van der Waals surface area (Å²) in [4.78, 5) is 0.0912. The van der Waals surface area contributed by atoms with Gasteiger partial charge in [0, 0.05) is 16.3 Å². The molecule has 0 fully saturated rings. The highest BCUT2D eigenvalue weighted by Gasteiger charge is 2.38. The average Bonchev–Trinajstić information content (AvgIpc) is 2.64. The van der Waals surface area contributed by atoms with Crippen LogP contribution in [0.2, 0.25) is 0 Å². The number of azo groups is 1. The number of phenolic OH excluding ortho intramolecular Hbond substituents is 1. The van der Waals surface area contributed by atoms with Crippen molar-refractivity contribution in [3.63, 3.8) is 0 Å². The molecule has 0 aliphatic carbocycles. The molecule has 0 aromatic heterocycles. The maximum atomic E-state index is 10.9. The molecular weight excluding hydrogens is 392 g/mol. The Morgan fingerprint density at radius 1 is 1.00 bits per heavy atom. The first kappa shape index (κ1) is 17.0. The van der Waals surface area contributed by atoms with Gasteiger partial charge in [0.2, 0.25) is 0 Å². The van der Waals surface area contributed by atoms with E-state index in [4.69, 9.17) is 4.74 Å². The second kappa shape index (κ2) is 6.40. The number of ether oxygens (including phenoxy) is 1. The molecule has 0 amide bonds. The molecule has 1 heterocycles. The molecule has 1 aliphatic rings. The highest BCUT2D eigenvalue weighted by atomic mass is 79.9. The van der Waals surface area contributed by atoms with Crippen LogP contribution in [-0.2, 0) is 6.42 Å². The fraction of sp³-hybridized carbons (Fsp3) is 0.238. The highest BCUT2D eigenvalue weighted by molar-refractivity contribution is 9.09. The lowest BCUT2D eigenvalue weighted by atomic mass is 9.90. The van der Waals surface area contributed by atoms with Crippen LogP contribution in [0.3, 0.4) is 0 Å². The summed E-state index contributed by atoms with van der Waals surface area (Å²) in [7, 11) is 0. The Balaban J connectivity index is 1.92. The van der Waals surface area contributed by atoms with Gasteiger partial charge in [-0.3, -0.25) is 0 Å². The second-order valence-corrected chi connectivity index (χ2v) is 8.07. The first-order valence-electron chi connectivity index (χ1n) is 8.54. The van der Waals surface area contributed by atoms with Crippen LogP contribution < -0.4 is 4.74 Å². The quantitative estimate of drug-likeness (QED) is 0.390. The number of nitrogens with zero attached hydrogens (tertiary/aromatic N) is 2. The summed E-state index contributed by atoms with van der Waals surface area (Å²) in [5.74, 6) is 0.871. The third-order valence-electron chi connectivity index (χ3n) is 4.74. The summed E-state index contributed by atoms with van der Waals surface area (Å²) >= 11 is 3.69. The number of hydrogen-bond donors (Lipinski definition) is 1. The van der Waals surface area contributed by atoms with Gasteiger partial charge in [0.1, 0.15) is 17.0 Å². The Hall–Kier alpha value is -2.40. The topological polar surface area (TPSA) is 54.2 Å². The van der Waals surface area contributed by atoms with Gasteiger partial charge in [-0.2, -0.15) is 5.11 Å². The van der Waals surface area contributed by atoms with Crippen LogP contribution in [0.25, 0.3) is 10.8 Å². The molecule has 26 heavy (non-hydrogen) atoms. The number of phenols is 1. The maximum Gasteiger partial charge on any atom is 0.150 e. The fourth-order valence-corrected chi connectivity index (χ4v) is 3.61. The summed E-state index contributed by atoms with van der Waals surface area (Å²) in [5, 5.41) is 21.4. The van der Waals surface area contributed by atoms with Crippen LogP contribution in [0.5, 0.6) is 11.5 Å². The number of aromatic hydroxyl groups is 1. The van der Waals surface area contributed by atoms with E-state index in [1.165, 1.54) is 0 Å². The molecule has 4 nitrogen and oxygen atoms in total. The SMILES string of the molecule is CC1(C)Oc2c(c(O)c(N=Nc3ccccc3)c3ccccc23)C[C@H]1Br. The largest absolute Gasteiger partial charge is 0.505 e. The fourth-order valence-electron chi connectivity index (χ4n) is 3.19. The highest BCUT2D eigenvalue weighted by Crippen LogP contribution is 2.50. The zero-order chi connectivity index (χ0) is 18.3. The smallest absolute Gasteiger partial charge is 0.150 e. The van der Waals surface area contributed by atoms with Gasteiger partial charge in [-0.25, -0.2) is 0 Å². The van der Waals surface area contributed by atoms with Crippen molar-refractivity contribution in [2.45, 2.75) is 30.7 Å². The third kappa shape index (κ3) is 2.86. The van der Waals surface area contributed by atoms with E-state index in [0.717, 1.165) is 27.8 Å². The van der Waals surface area contributed by atoms with Crippen molar-refractivity contribution in [2.24, 2.45) is 10.2 Å². The zero-order valence-electron chi connectivity index (χ0n) is 14.6. The molecule has 0 spiro atoms. The van der Waals surface area contributed by atoms with E-state index in [-0.39, 0.29) is 16.2 Å². The monoisotopic (exact) mass is 410 g/mol. The Morgan fingerprint density at radius 2 is 1.65 bits per heavy atom. The molecule has 4 rings (SSSR count). The number of rotatable bonds is 2. The van der Waals surface area contributed by atoms with Crippen LogP contribution >= 0.6 is 15.9 Å². The van der Waals surface area contributed by atoms with Crippen LogP contribution in [0.4, 0.5) is 11.4 Å². The maximum absolute atomic E-state index is 10.9. The van der Waals surface area contributed by atoms with Crippen molar-refractivity contribution < 1.29 is 9.84 Å². The van der Waals surface area contributed by atoms with E-state index in [9.17, 15) is 5.11 Å². The van der Waals surface area contributed by atoms with Crippen molar-refractivity contribution in [3.05, 3.63) is 60.2 Å². The van der Waals surface area contributed by atoms with Crippen LogP contribution in [-0.4, -0.2) is 15.5 Å². The number of fused-ring (bicyclic) bond motifs is 3. The van der Waals surface area contributed by atoms with E-state index in [2.05, 4.69) is 26.2 Å². The Labute approximate surface area is 160 Å². The van der Waals surface area contributed by atoms with E-state index in [1.807, 2.05) is 68.4 Å². The lowest BCUT2D eigenvalue weighted by molar-refractivity contribution is 0.0948. The lowest BCUT2D eigenvalue weighted by Crippen LogP contribution is -2.42. The van der Waals surface area contributed by atoms with Crippen molar-refractivity contribution in [2.75, 3.05) is 0 Å². The van der Waals surface area contributed by atoms with Crippen LogP contribution in [0.1, 0.15) is 19.4 Å². The van der Waals surface area contributed by atoms with Gasteiger partial charge in [-0.1, -0.05) is 58.4 Å². The van der Waals surface area contributed by atoms with Gasteiger partial charge in [-0.05, 0) is 32.4 Å². The molecule has 0 bridgehead atoms. The minimum Gasteiger partial charge on any atom is -0.505 e. The van der Waals surface area contributed by atoms with E-state index < -0.39 is 0 Å². The third-order valence-corrected chi connectivity index (χ3v) is 6.16. The summed E-state index contributed by atoms with van der Waals surface area (Å²) in [5.41, 5.74) is 1.62. The summed E-state index contributed by atoms with van der Waals surface area (Å²) in [6.07, 6.45) is 0.660. The Morgan fingerprint density at radius 3 is 2.38 bits per heavy atom. The first-order valence-corrected chi connectivity index (χ1v) is 9.45. The number of halogens is 1. The van der Waals surface area contributed by atoms with E-state index in [0.29, 0.717) is 12.1 Å². The first-order chi connectivity index (χ1) is 12.5. The van der Waals surface area contributed by atoms with Crippen LogP contribution in [0.15, 0.2) is 64.8 Å². The normalized spacial score (nSPS) is 18.7. The molecule has 0 saturated carbocycles. The minimum atomic E-state index is -0.366. The van der Waals surface area contributed by atoms with Crippen molar-refractivity contribution >= 4 is 38.1 Å². The molecule has 1 atom stereocenters. The van der Waals surface area contributed by atoms with E-state index in [1.54, 1.807) is 0 Å². The molecule has 0 radical (unpaired) electrons. The average molecular weight is 411 g/mol. The molecule has 3 aromatic carbocycles. The summed E-state index contributed by atoms with van der Waals surface area (Å²) in [6, 6.07) is 17.3. The number of hydrogen-bond acceptors (Lipinski definition) is 4. The van der Waals surface area contributed by atoms with Crippen molar-refractivity contribution in [1.29, 1.82) is 0 Å². The predicted molar refractivity (Wildman–Crippen MR) is 107 cm³/mol. The van der Waals surface area contributed by atoms with Crippen molar-refractivity contribution in [3.8, 4) is 11.5 Å². The number of benzene rings is 3. The molecule has 1 N–H and O–H groups in total. The van der Waals surface area contributed by atoms with Gasteiger partial charge in [0.15, 0.2) is 5.75 Å². The zero-order valence-corrected chi connectivity index (χ0v) is 16.2. The summed E-state index contributed by atoms with van der Waals surface area (Å²) < 4.78 is 6.26. The molecule has 3 aromatic rings. The Kier molecular flexibility index (Phi) is 4.19. The second-order valence-electron chi connectivity index (χ2n) is 6.96. The Bertz CT molecular complexity index is 1000. The van der Waals surface area contributed by atoms with Gasteiger partial charge < -0.3 is 9.84 Å². The van der Waals surface area contributed by atoms with Gasteiger partial charge in [0.25, 0.3) is 0 Å². The summed E-state index contributed by atoms with van der Waals surface area (Å²) in [6.45, 7) is 4.09. The standard InChI is InChI=1S/C21H19BrN2O2/c1-21(2)17(22)12-16-19(25)18(24-23-13-8-4-3-5-9-13)14-10-6-7-11-15(14)20(16)26-21/h3-11,17,25H,12H2,1-2H3/t17-/m1/s1. The molecule has 132 valence electrons. The van der Waals surface area contributed by atoms with Gasteiger partial charge >= 0.3 is 0 Å². The lowest BCUT2D eigenvalue weighted by Gasteiger charge is -2.38. The molecule has 5 heteroatoms. The van der Waals surface area contributed by atoms with Crippen LogP contribution in [0, 0.1) is 0 Å². The predicted octanol–water partition coefficient (Wildman–Crippen LogP) is 6.44. The van der Waals surface area contributed by atoms with E-state index >= 15 is 0 Å². The molecule has 1 aliphatic heterocycles. The van der Waals surface area contributed by atoms with Crippen molar-refractivity contribution in [1.82, 2.24) is 0 Å². The number of alkyl halides is 1. The molecule has 0 unspecified atom stereocenters.